The van der Waals surface area contributed by atoms with Gasteiger partial charge in [0.05, 0.1) is 19.6 Å². The van der Waals surface area contributed by atoms with Crippen LogP contribution in [0.2, 0.25) is 0 Å². The third kappa shape index (κ3) is 6.98. The first-order valence-corrected chi connectivity index (χ1v) is 14.2. The highest BCUT2D eigenvalue weighted by atomic mass is 32.2. The highest BCUT2D eigenvalue weighted by Crippen LogP contribution is 2.26. The Kier molecular flexibility index (Phi) is 9.16. The molecule has 1 fully saturated rings. The minimum atomic E-state index is -3.91. The number of nitrogens with one attached hydrogen (secondary N) is 1. The fourth-order valence-corrected chi connectivity index (χ4v) is 5.93. The monoisotopic (exact) mass is 563 g/mol. The SMILES string of the molecule is COc1cc(NS(=O)(=O)N2CCN(Cc3cccn3CCC#N)CC2)nc(SCc2cccc(F)c2F)n1. The van der Waals surface area contributed by atoms with Crippen molar-refractivity contribution in [1.82, 2.24) is 23.7 Å². The number of thioether (sulfide) groups is 1. The van der Waals surface area contributed by atoms with Gasteiger partial charge in [-0.2, -0.15) is 23.0 Å². The maximum absolute atomic E-state index is 14.0. The van der Waals surface area contributed by atoms with Crippen molar-refractivity contribution in [2.24, 2.45) is 0 Å². The quantitative estimate of drug-likeness (QED) is 0.279. The molecule has 1 aromatic carbocycles. The van der Waals surface area contributed by atoms with E-state index in [4.69, 9.17) is 10.00 Å². The Hall–Kier alpha value is -3.25. The summed E-state index contributed by atoms with van der Waals surface area (Å²) in [4.78, 5) is 10.6. The maximum Gasteiger partial charge on any atom is 0.302 e. The Morgan fingerprint density at radius 1 is 1.16 bits per heavy atom. The van der Waals surface area contributed by atoms with Gasteiger partial charge in [0.15, 0.2) is 16.8 Å². The average molecular weight is 564 g/mol. The van der Waals surface area contributed by atoms with Gasteiger partial charge in [0.25, 0.3) is 0 Å². The molecule has 0 saturated carbocycles. The van der Waals surface area contributed by atoms with Gasteiger partial charge in [0.2, 0.25) is 5.88 Å². The van der Waals surface area contributed by atoms with Crippen LogP contribution < -0.4 is 9.46 Å². The first-order valence-electron chi connectivity index (χ1n) is 11.8. The standard InChI is InChI=1S/C24H27F2N7O3S2/c1-36-22-15-21(28-24(29-22)37-17-18-5-2-7-20(25)23(18)26)30-38(34,35)33-13-11-31(12-14-33)16-19-6-3-9-32(19)10-4-8-27/h2-3,5-7,9,15H,4,10-14,16-17H2,1H3,(H,28,29,30). The first kappa shape index (κ1) is 27.8. The number of nitriles is 1. The Bertz CT molecular complexity index is 1400. The topological polar surface area (TPSA) is 116 Å². The van der Waals surface area contributed by atoms with E-state index in [0.717, 1.165) is 23.5 Å². The molecule has 38 heavy (non-hydrogen) atoms. The van der Waals surface area contributed by atoms with Crippen molar-refractivity contribution in [3.63, 3.8) is 0 Å². The number of aromatic nitrogens is 3. The van der Waals surface area contributed by atoms with Crippen LogP contribution in [0, 0.1) is 23.0 Å². The average Bonchev–Trinajstić information content (AvgIpc) is 3.34. The van der Waals surface area contributed by atoms with Gasteiger partial charge in [-0.25, -0.2) is 13.8 Å². The molecular weight excluding hydrogens is 536 g/mol. The fraction of sp³-hybridized carbons (Fsp3) is 0.375. The zero-order chi connectivity index (χ0) is 27.1. The maximum atomic E-state index is 14.0. The molecule has 0 atom stereocenters. The number of benzene rings is 1. The molecule has 3 aromatic rings. The molecule has 0 spiro atoms. The van der Waals surface area contributed by atoms with Crippen molar-refractivity contribution < 1.29 is 21.9 Å². The van der Waals surface area contributed by atoms with E-state index >= 15 is 0 Å². The van der Waals surface area contributed by atoms with Gasteiger partial charge in [-0.05, 0) is 18.2 Å². The van der Waals surface area contributed by atoms with Gasteiger partial charge in [-0.1, -0.05) is 23.9 Å². The van der Waals surface area contributed by atoms with Gasteiger partial charge in [0.1, 0.15) is 5.82 Å². The number of ether oxygens (including phenoxy) is 1. The second kappa shape index (κ2) is 12.5. The summed E-state index contributed by atoms with van der Waals surface area (Å²) in [6.45, 7) is 2.94. The summed E-state index contributed by atoms with van der Waals surface area (Å²) >= 11 is 1.03. The molecule has 202 valence electrons. The number of methoxy groups -OCH3 is 1. The summed E-state index contributed by atoms with van der Waals surface area (Å²) in [5.74, 6) is -1.71. The molecule has 0 unspecified atom stereocenters. The van der Waals surface area contributed by atoms with E-state index in [1.165, 1.54) is 29.6 Å². The predicted molar refractivity (Wildman–Crippen MR) is 139 cm³/mol. The molecule has 3 heterocycles. The number of nitrogens with zero attached hydrogens (tertiary/aromatic N) is 6. The number of halogens is 2. The zero-order valence-electron chi connectivity index (χ0n) is 20.7. The molecule has 0 radical (unpaired) electrons. The Balaban J connectivity index is 1.37. The summed E-state index contributed by atoms with van der Waals surface area (Å²) in [7, 11) is -2.53. The molecule has 0 bridgehead atoms. The van der Waals surface area contributed by atoms with Crippen molar-refractivity contribution in [3.8, 4) is 11.9 Å². The van der Waals surface area contributed by atoms with Crippen LogP contribution in [0.3, 0.4) is 0 Å². The number of aryl methyl sites for hydroxylation is 1. The lowest BCUT2D eigenvalue weighted by Crippen LogP contribution is -2.50. The number of piperazine rings is 1. The van der Waals surface area contributed by atoms with Crippen LogP contribution in [0.5, 0.6) is 5.88 Å². The third-order valence-electron chi connectivity index (χ3n) is 5.96. The molecule has 2 aromatic heterocycles. The molecule has 10 nitrogen and oxygen atoms in total. The van der Waals surface area contributed by atoms with E-state index in [0.29, 0.717) is 32.6 Å². The van der Waals surface area contributed by atoms with E-state index in [1.807, 2.05) is 22.9 Å². The van der Waals surface area contributed by atoms with E-state index in [9.17, 15) is 17.2 Å². The highest BCUT2D eigenvalue weighted by Gasteiger charge is 2.28. The second-order valence-electron chi connectivity index (χ2n) is 8.46. The van der Waals surface area contributed by atoms with E-state index in [1.54, 1.807) is 0 Å². The van der Waals surface area contributed by atoms with Gasteiger partial charge < -0.3 is 9.30 Å². The molecule has 1 saturated heterocycles. The second-order valence-corrected chi connectivity index (χ2v) is 11.1. The lowest BCUT2D eigenvalue weighted by atomic mass is 10.2. The van der Waals surface area contributed by atoms with Crippen LogP contribution in [0.1, 0.15) is 17.7 Å². The smallest absolute Gasteiger partial charge is 0.302 e. The molecule has 1 aliphatic rings. The highest BCUT2D eigenvalue weighted by molar-refractivity contribution is 7.98. The first-order chi connectivity index (χ1) is 18.3. The van der Waals surface area contributed by atoms with Crippen molar-refractivity contribution in [1.29, 1.82) is 5.26 Å². The van der Waals surface area contributed by atoms with Crippen LogP contribution in [0.4, 0.5) is 14.6 Å². The molecule has 0 amide bonds. The molecule has 4 rings (SSSR count). The molecule has 1 N–H and O–H groups in total. The molecule has 0 aliphatic carbocycles. The van der Waals surface area contributed by atoms with Gasteiger partial charge >= 0.3 is 10.2 Å². The summed E-state index contributed by atoms with van der Waals surface area (Å²) < 4.78 is 64.7. The van der Waals surface area contributed by atoms with Crippen LogP contribution >= 0.6 is 11.8 Å². The number of hydrogen-bond acceptors (Lipinski definition) is 8. The van der Waals surface area contributed by atoms with Gasteiger partial charge in [-0.3, -0.25) is 9.62 Å². The van der Waals surface area contributed by atoms with Crippen molar-refractivity contribution in [3.05, 3.63) is 65.5 Å². The van der Waals surface area contributed by atoms with E-state index in [2.05, 4.69) is 25.7 Å². The molecule has 14 heteroatoms. The van der Waals surface area contributed by atoms with Crippen molar-refractivity contribution >= 4 is 27.8 Å². The van der Waals surface area contributed by atoms with Crippen molar-refractivity contribution in [2.75, 3.05) is 38.0 Å². The van der Waals surface area contributed by atoms with E-state index < -0.39 is 21.8 Å². The minimum absolute atomic E-state index is 0.0109. The predicted octanol–water partition coefficient (Wildman–Crippen LogP) is 3.25. The van der Waals surface area contributed by atoms with Gasteiger partial charge in [0, 0.05) is 68.5 Å². The Morgan fingerprint density at radius 2 is 1.95 bits per heavy atom. The van der Waals surface area contributed by atoms with Gasteiger partial charge in [-0.15, -0.1) is 0 Å². The molecule has 1 aliphatic heterocycles. The number of anilines is 1. The Morgan fingerprint density at radius 3 is 2.68 bits per heavy atom. The number of hydrogen-bond donors (Lipinski definition) is 1. The normalized spacial score (nSPS) is 14.8. The van der Waals surface area contributed by atoms with E-state index in [-0.39, 0.29) is 41.3 Å². The summed E-state index contributed by atoms with van der Waals surface area (Å²) in [5.41, 5.74) is 1.21. The van der Waals surface area contributed by atoms with Crippen molar-refractivity contribution in [2.45, 2.75) is 30.4 Å². The Labute approximate surface area is 224 Å². The summed E-state index contributed by atoms with van der Waals surface area (Å²) in [6.07, 6.45) is 2.36. The van der Waals surface area contributed by atoms with Crippen LogP contribution in [-0.2, 0) is 29.1 Å². The minimum Gasteiger partial charge on any atom is -0.481 e. The fourth-order valence-electron chi connectivity index (χ4n) is 3.96. The third-order valence-corrected chi connectivity index (χ3v) is 8.37. The summed E-state index contributed by atoms with van der Waals surface area (Å²) in [5, 5.41) is 8.99. The van der Waals surface area contributed by atoms with Crippen LogP contribution in [-0.4, -0.2) is 65.4 Å². The van der Waals surface area contributed by atoms with Crippen LogP contribution in [0.15, 0.2) is 47.8 Å². The lowest BCUT2D eigenvalue weighted by Gasteiger charge is -2.34. The zero-order valence-corrected chi connectivity index (χ0v) is 22.3. The van der Waals surface area contributed by atoms with Crippen LogP contribution in [0.25, 0.3) is 0 Å². The largest absolute Gasteiger partial charge is 0.481 e. The molecular formula is C24H27F2N7O3S2. The summed E-state index contributed by atoms with van der Waals surface area (Å²) in [6, 6.07) is 11.3. The lowest BCUT2D eigenvalue weighted by molar-refractivity contribution is 0.178. The number of rotatable bonds is 11.